The first-order valence-electron chi connectivity index (χ1n) is 8.32. The molecule has 1 aromatic heterocycles. The minimum absolute atomic E-state index is 0.0246. The molecule has 3 heterocycles. The van der Waals surface area contributed by atoms with E-state index in [1.807, 2.05) is 6.92 Å². The van der Waals surface area contributed by atoms with Gasteiger partial charge >= 0.3 is 0 Å². The smallest absolute Gasteiger partial charge is 0.157 e. The number of thioether (sulfide) groups is 1. The summed E-state index contributed by atoms with van der Waals surface area (Å²) in [6, 6.07) is 3.56. The fourth-order valence-corrected chi connectivity index (χ4v) is 4.57. The number of amidine groups is 1. The third-order valence-electron chi connectivity index (χ3n) is 4.91. The van der Waals surface area contributed by atoms with Crippen LogP contribution in [0.2, 0.25) is 0 Å². The van der Waals surface area contributed by atoms with Crippen LogP contribution in [0.15, 0.2) is 35.6 Å². The van der Waals surface area contributed by atoms with Crippen LogP contribution in [0.1, 0.15) is 29.5 Å². The number of ether oxygens (including phenoxy) is 1. The van der Waals surface area contributed by atoms with Gasteiger partial charge in [-0.3, -0.25) is 0 Å². The lowest BCUT2D eigenvalue weighted by atomic mass is 9.75. The predicted octanol–water partition coefficient (Wildman–Crippen LogP) is 3.10. The van der Waals surface area contributed by atoms with E-state index in [9.17, 15) is 8.78 Å². The zero-order chi connectivity index (χ0) is 18.3. The number of halogens is 2. The molecule has 0 aliphatic carbocycles. The topological polar surface area (TPSA) is 73.4 Å². The molecule has 8 heteroatoms. The fourth-order valence-electron chi connectivity index (χ4n) is 3.56. The van der Waals surface area contributed by atoms with E-state index in [1.165, 1.54) is 23.9 Å². The summed E-state index contributed by atoms with van der Waals surface area (Å²) in [4.78, 5) is 13.3. The van der Waals surface area contributed by atoms with Gasteiger partial charge in [0, 0.05) is 35.7 Å². The first-order chi connectivity index (χ1) is 12.5. The van der Waals surface area contributed by atoms with Gasteiger partial charge in [-0.25, -0.2) is 23.7 Å². The Morgan fingerprint density at radius 1 is 1.27 bits per heavy atom. The van der Waals surface area contributed by atoms with Crippen LogP contribution in [-0.2, 0) is 10.3 Å². The molecule has 1 saturated heterocycles. The van der Waals surface area contributed by atoms with Crippen molar-refractivity contribution in [1.82, 2.24) is 9.97 Å². The monoisotopic (exact) mass is 376 g/mol. The summed E-state index contributed by atoms with van der Waals surface area (Å²) in [6.07, 6.45) is 3.80. The van der Waals surface area contributed by atoms with Gasteiger partial charge in [0.05, 0.1) is 6.61 Å². The second kappa shape index (κ2) is 6.59. The maximum Gasteiger partial charge on any atom is 0.157 e. The molecule has 2 aliphatic heterocycles. The van der Waals surface area contributed by atoms with Gasteiger partial charge in [0.25, 0.3) is 0 Å². The number of fused-ring (bicyclic) bond motifs is 1. The van der Waals surface area contributed by atoms with Gasteiger partial charge in [0.15, 0.2) is 11.0 Å². The van der Waals surface area contributed by atoms with E-state index in [1.54, 1.807) is 12.4 Å². The number of nitrogens with two attached hydrogens (primary N) is 1. The zero-order valence-corrected chi connectivity index (χ0v) is 15.0. The summed E-state index contributed by atoms with van der Waals surface area (Å²) in [5.74, 6) is 0.00789. The van der Waals surface area contributed by atoms with Crippen molar-refractivity contribution in [3.63, 3.8) is 0 Å². The number of aromatic nitrogens is 2. The molecule has 0 bridgehead atoms. The van der Waals surface area contributed by atoms with E-state index in [-0.39, 0.29) is 18.6 Å². The Morgan fingerprint density at radius 2 is 2.04 bits per heavy atom. The number of aliphatic imine (C=N–C) groups is 1. The van der Waals surface area contributed by atoms with Crippen molar-refractivity contribution < 1.29 is 13.5 Å². The minimum Gasteiger partial charge on any atom is -0.379 e. The van der Waals surface area contributed by atoms with Gasteiger partial charge < -0.3 is 10.5 Å². The van der Waals surface area contributed by atoms with Gasteiger partial charge in [0.2, 0.25) is 0 Å². The lowest BCUT2D eigenvalue weighted by Crippen LogP contribution is -2.48. The van der Waals surface area contributed by atoms with Crippen molar-refractivity contribution in [2.24, 2.45) is 16.6 Å². The van der Waals surface area contributed by atoms with Crippen LogP contribution in [0.5, 0.6) is 0 Å². The van der Waals surface area contributed by atoms with Crippen LogP contribution in [0.3, 0.4) is 0 Å². The van der Waals surface area contributed by atoms with E-state index >= 15 is 0 Å². The number of hydrogen-bond acceptors (Lipinski definition) is 6. The Hall–Kier alpha value is -2.06. The van der Waals surface area contributed by atoms with Gasteiger partial charge in [-0.05, 0) is 25.0 Å². The molecule has 0 amide bonds. The molecule has 2 aromatic rings. The normalized spacial score (nSPS) is 28.3. The average Bonchev–Trinajstić information content (AvgIpc) is 2.61. The third kappa shape index (κ3) is 2.97. The van der Waals surface area contributed by atoms with Crippen molar-refractivity contribution in [3.05, 3.63) is 59.2 Å². The van der Waals surface area contributed by atoms with E-state index in [2.05, 4.69) is 15.0 Å². The number of hydrogen-bond donors (Lipinski definition) is 1. The number of aryl methyl sites for hydroxylation is 1. The summed E-state index contributed by atoms with van der Waals surface area (Å²) < 4.78 is 33.9. The Kier molecular flexibility index (Phi) is 4.40. The van der Waals surface area contributed by atoms with E-state index in [0.717, 1.165) is 11.6 Å². The highest BCUT2D eigenvalue weighted by Gasteiger charge is 2.50. The summed E-state index contributed by atoms with van der Waals surface area (Å²) >= 11 is 1.44. The molecule has 136 valence electrons. The molecule has 3 atom stereocenters. The SMILES string of the molecule is Cc1cnc([C@H]2C[C@H]3CSC(N)=N[C@@]3(c3ccc(F)cc3F)CO2)nc1. The summed E-state index contributed by atoms with van der Waals surface area (Å²) in [6.45, 7) is 2.06. The van der Waals surface area contributed by atoms with Gasteiger partial charge in [0.1, 0.15) is 23.3 Å². The molecular weight excluding hydrogens is 358 g/mol. The Morgan fingerprint density at radius 3 is 2.77 bits per heavy atom. The highest BCUT2D eigenvalue weighted by atomic mass is 32.2. The van der Waals surface area contributed by atoms with Crippen molar-refractivity contribution in [1.29, 1.82) is 0 Å². The van der Waals surface area contributed by atoms with Crippen LogP contribution in [0.25, 0.3) is 0 Å². The maximum absolute atomic E-state index is 14.6. The summed E-state index contributed by atoms with van der Waals surface area (Å²) in [7, 11) is 0. The van der Waals surface area contributed by atoms with Crippen LogP contribution >= 0.6 is 11.8 Å². The van der Waals surface area contributed by atoms with Crippen LogP contribution in [0, 0.1) is 24.5 Å². The number of nitrogens with zero attached hydrogens (tertiary/aromatic N) is 3. The molecule has 2 aliphatic rings. The van der Waals surface area contributed by atoms with Crippen LogP contribution < -0.4 is 5.73 Å². The quantitative estimate of drug-likeness (QED) is 0.872. The lowest BCUT2D eigenvalue weighted by molar-refractivity contribution is -0.0626. The maximum atomic E-state index is 14.6. The van der Waals surface area contributed by atoms with Crippen molar-refractivity contribution >= 4 is 16.9 Å². The molecule has 0 radical (unpaired) electrons. The second-order valence-corrected chi connectivity index (χ2v) is 7.70. The molecule has 0 saturated carbocycles. The molecule has 0 spiro atoms. The molecule has 5 nitrogen and oxygen atoms in total. The predicted molar refractivity (Wildman–Crippen MR) is 95.7 cm³/mol. The first-order valence-corrected chi connectivity index (χ1v) is 9.30. The molecule has 2 N–H and O–H groups in total. The number of rotatable bonds is 2. The van der Waals surface area contributed by atoms with E-state index < -0.39 is 17.2 Å². The molecular formula is C18H18F2N4OS. The third-order valence-corrected chi connectivity index (χ3v) is 5.86. The highest BCUT2D eigenvalue weighted by Crippen LogP contribution is 2.49. The Balaban J connectivity index is 1.71. The molecule has 0 unspecified atom stereocenters. The van der Waals surface area contributed by atoms with Crippen molar-refractivity contribution in [3.8, 4) is 0 Å². The van der Waals surface area contributed by atoms with Crippen LogP contribution in [-0.4, -0.2) is 27.5 Å². The Labute approximate surface area is 154 Å². The van der Waals surface area contributed by atoms with Gasteiger partial charge in [-0.15, -0.1) is 0 Å². The van der Waals surface area contributed by atoms with Crippen molar-refractivity contribution in [2.45, 2.75) is 25.0 Å². The standard InChI is InChI=1S/C18H18F2N4OS/c1-10-6-22-16(23-7-10)15-4-11-8-26-17(21)24-18(11,9-25-15)13-3-2-12(19)5-14(13)20/h2-3,5-7,11,15H,4,8-9H2,1H3,(H2,21,24)/t11-,15+,18-/m0/s1. The second-order valence-electron chi connectivity index (χ2n) is 6.66. The van der Waals surface area contributed by atoms with Gasteiger partial charge in [-0.1, -0.05) is 17.8 Å². The van der Waals surface area contributed by atoms with Crippen molar-refractivity contribution in [2.75, 3.05) is 12.4 Å². The zero-order valence-electron chi connectivity index (χ0n) is 14.2. The number of benzene rings is 1. The first kappa shape index (κ1) is 17.4. The van der Waals surface area contributed by atoms with Crippen LogP contribution in [0.4, 0.5) is 8.78 Å². The molecule has 1 aromatic carbocycles. The van der Waals surface area contributed by atoms with Gasteiger partial charge in [-0.2, -0.15) is 0 Å². The summed E-state index contributed by atoms with van der Waals surface area (Å²) in [5.41, 5.74) is 6.28. The largest absolute Gasteiger partial charge is 0.379 e. The average molecular weight is 376 g/mol. The summed E-state index contributed by atoms with van der Waals surface area (Å²) in [5, 5.41) is 0.388. The molecule has 26 heavy (non-hydrogen) atoms. The lowest BCUT2D eigenvalue weighted by Gasteiger charge is -2.46. The van der Waals surface area contributed by atoms with E-state index in [4.69, 9.17) is 10.5 Å². The molecule has 4 rings (SSSR count). The Bertz CT molecular complexity index is 861. The molecule has 1 fully saturated rings. The fraction of sp³-hybridized carbons (Fsp3) is 0.389. The minimum atomic E-state index is -0.950. The highest BCUT2D eigenvalue weighted by molar-refractivity contribution is 8.13. The van der Waals surface area contributed by atoms with E-state index in [0.29, 0.717) is 28.7 Å².